The quantitative estimate of drug-likeness (QED) is 0.0800. The van der Waals surface area contributed by atoms with Crippen molar-refractivity contribution < 1.29 is 54.8 Å². The van der Waals surface area contributed by atoms with Crippen molar-refractivity contribution in [2.24, 2.45) is 0 Å². The van der Waals surface area contributed by atoms with E-state index in [1.807, 2.05) is 33.8 Å². The highest BCUT2D eigenvalue weighted by molar-refractivity contribution is 9.10. The number of methoxy groups -OCH3 is 2. The highest BCUT2D eigenvalue weighted by Gasteiger charge is 2.37. The van der Waals surface area contributed by atoms with Crippen molar-refractivity contribution in [3.05, 3.63) is 112 Å². The standard InChI is InChI=1S/C30H35F3N4O5.C18H16BrF3N4O/c1-7-40-25(38)17-22-16-21(41-29(4,5)42-22)11-12-23-26(18(2)3)36-37(24-13-14-34-28(35-24)39-6)27(23)19-9-8-10-20(15-19)30(31,32)33;1-10(2)15-14(19)16(11-5-4-6-12(9-11)18(20,21)22)26(25-15)13-7-8-23-17(24-13)27-3/h8-15,18,21-22H,7,16-17H2,1-6H3;4-10H,1-3H3/b12-11+;/t21-,22-;/m1./s1. The van der Waals surface area contributed by atoms with E-state index in [1.165, 1.54) is 48.1 Å². The molecule has 1 aliphatic heterocycles. The number of ether oxygens (including phenoxy) is 5. The maximum absolute atomic E-state index is 13.7. The van der Waals surface area contributed by atoms with Gasteiger partial charge in [-0.15, -0.1) is 0 Å². The van der Waals surface area contributed by atoms with E-state index < -0.39 is 41.5 Å². The Labute approximate surface area is 403 Å². The molecule has 0 spiro atoms. The summed E-state index contributed by atoms with van der Waals surface area (Å²) in [6, 6.07) is 13.7. The van der Waals surface area contributed by atoms with Crippen LogP contribution in [0.15, 0.2) is 83.6 Å². The van der Waals surface area contributed by atoms with Crippen molar-refractivity contribution in [3.63, 3.8) is 0 Å². The maximum Gasteiger partial charge on any atom is 0.416 e. The summed E-state index contributed by atoms with van der Waals surface area (Å²) < 4.78 is 112. The molecule has 1 aliphatic rings. The van der Waals surface area contributed by atoms with E-state index >= 15 is 0 Å². The smallest absolute Gasteiger partial charge is 0.416 e. The molecule has 0 radical (unpaired) electrons. The maximum atomic E-state index is 13.7. The summed E-state index contributed by atoms with van der Waals surface area (Å²) in [7, 11) is 2.86. The summed E-state index contributed by atoms with van der Waals surface area (Å²) in [6.07, 6.45) is -2.79. The van der Waals surface area contributed by atoms with Crippen molar-refractivity contribution in [1.82, 2.24) is 39.5 Å². The molecule has 69 heavy (non-hydrogen) atoms. The van der Waals surface area contributed by atoms with Gasteiger partial charge < -0.3 is 23.7 Å². The number of rotatable bonds is 13. The Bertz CT molecular complexity index is 2770. The lowest BCUT2D eigenvalue weighted by Gasteiger charge is -2.39. The normalized spacial score (nSPS) is 16.1. The Morgan fingerprint density at radius 1 is 0.797 bits per heavy atom. The van der Waals surface area contributed by atoms with Crippen molar-refractivity contribution in [2.75, 3.05) is 20.8 Å². The first-order valence-electron chi connectivity index (χ1n) is 21.7. The lowest BCUT2D eigenvalue weighted by Crippen LogP contribution is -2.44. The summed E-state index contributed by atoms with van der Waals surface area (Å²) in [5, 5.41) is 9.37. The summed E-state index contributed by atoms with van der Waals surface area (Å²) in [6.45, 7) is 13.3. The van der Waals surface area contributed by atoms with Gasteiger partial charge in [0, 0.05) is 47.6 Å². The molecule has 21 heteroatoms. The number of benzene rings is 2. The molecule has 5 heterocycles. The van der Waals surface area contributed by atoms with Gasteiger partial charge in [0.05, 0.1) is 77.8 Å². The van der Waals surface area contributed by atoms with Crippen LogP contribution in [0.25, 0.3) is 40.2 Å². The average Bonchev–Trinajstić information content (AvgIpc) is 3.86. The monoisotopic (exact) mass is 1030 g/mol. The Morgan fingerprint density at radius 2 is 1.30 bits per heavy atom. The molecule has 0 aliphatic carbocycles. The molecule has 4 aromatic heterocycles. The van der Waals surface area contributed by atoms with Crippen LogP contribution >= 0.6 is 15.9 Å². The zero-order valence-electron chi connectivity index (χ0n) is 39.2. The number of alkyl halides is 6. The van der Waals surface area contributed by atoms with Crippen LogP contribution < -0.4 is 9.47 Å². The van der Waals surface area contributed by atoms with Crippen molar-refractivity contribution in [1.29, 1.82) is 0 Å². The highest BCUT2D eigenvalue weighted by atomic mass is 79.9. The topological polar surface area (TPSA) is 150 Å². The molecule has 1 fully saturated rings. The molecule has 0 N–H and O–H groups in total. The lowest BCUT2D eigenvalue weighted by atomic mass is 9.97. The number of nitrogens with zero attached hydrogens (tertiary/aromatic N) is 8. The number of carbonyl (C=O) groups excluding carboxylic acids is 1. The first kappa shape index (κ1) is 52.2. The van der Waals surface area contributed by atoms with Gasteiger partial charge in [-0.05, 0) is 72.8 Å². The molecular weight excluding hydrogens is 978 g/mol. The number of hydrogen-bond donors (Lipinski definition) is 0. The molecule has 14 nitrogen and oxygen atoms in total. The van der Waals surface area contributed by atoms with Crippen LogP contribution in [0.4, 0.5) is 26.3 Å². The van der Waals surface area contributed by atoms with E-state index in [1.54, 1.807) is 51.1 Å². The Balaban J connectivity index is 0.000000249. The number of halogens is 7. The van der Waals surface area contributed by atoms with Gasteiger partial charge in [-0.2, -0.15) is 46.5 Å². The third-order valence-corrected chi connectivity index (χ3v) is 11.2. The van der Waals surface area contributed by atoms with Crippen molar-refractivity contribution >= 4 is 28.0 Å². The number of aromatic nitrogens is 8. The molecular formula is C48H51BrF6N8O6. The molecule has 0 amide bonds. The molecule has 0 bridgehead atoms. The predicted octanol–water partition coefficient (Wildman–Crippen LogP) is 11.6. The van der Waals surface area contributed by atoms with E-state index in [2.05, 4.69) is 41.0 Å². The largest absolute Gasteiger partial charge is 0.467 e. The van der Waals surface area contributed by atoms with Crippen molar-refractivity contribution in [3.8, 4) is 46.2 Å². The van der Waals surface area contributed by atoms with Gasteiger partial charge in [0.1, 0.15) is 0 Å². The summed E-state index contributed by atoms with van der Waals surface area (Å²) in [4.78, 5) is 28.8. The minimum absolute atomic E-state index is 0.0499. The fourth-order valence-electron chi connectivity index (χ4n) is 7.46. The fraction of sp³-hybridized carbons (Fsp3) is 0.396. The summed E-state index contributed by atoms with van der Waals surface area (Å²) >= 11 is 3.51. The van der Waals surface area contributed by atoms with Crippen LogP contribution in [-0.4, -0.2) is 84.3 Å². The van der Waals surface area contributed by atoms with Crippen LogP contribution in [0, 0.1) is 0 Å². The third-order valence-electron chi connectivity index (χ3n) is 10.4. The van der Waals surface area contributed by atoms with E-state index in [-0.39, 0.29) is 42.9 Å². The predicted molar refractivity (Wildman–Crippen MR) is 247 cm³/mol. The second-order valence-corrected chi connectivity index (χ2v) is 17.5. The minimum atomic E-state index is -4.54. The third kappa shape index (κ3) is 12.7. The van der Waals surface area contributed by atoms with Gasteiger partial charge in [-0.25, -0.2) is 19.3 Å². The van der Waals surface area contributed by atoms with E-state index in [0.717, 1.165) is 24.3 Å². The molecule has 2 aromatic carbocycles. The zero-order valence-corrected chi connectivity index (χ0v) is 40.8. The van der Waals surface area contributed by atoms with Gasteiger partial charge in [-0.3, -0.25) is 4.79 Å². The summed E-state index contributed by atoms with van der Waals surface area (Å²) in [5.41, 5.74) is 2.00. The number of esters is 1. The van der Waals surface area contributed by atoms with Crippen LogP contribution in [0.1, 0.15) is 101 Å². The number of hydrogen-bond acceptors (Lipinski definition) is 12. The van der Waals surface area contributed by atoms with Gasteiger partial charge in [-0.1, -0.05) is 64.1 Å². The summed E-state index contributed by atoms with van der Waals surface area (Å²) in [5.74, 6) is -0.664. The van der Waals surface area contributed by atoms with Gasteiger partial charge in [0.15, 0.2) is 17.4 Å². The molecule has 1 saturated heterocycles. The second kappa shape index (κ2) is 21.6. The van der Waals surface area contributed by atoms with E-state index in [0.29, 0.717) is 62.0 Å². The Morgan fingerprint density at radius 3 is 1.80 bits per heavy atom. The van der Waals surface area contributed by atoms with Gasteiger partial charge in [0.25, 0.3) is 0 Å². The van der Waals surface area contributed by atoms with Crippen LogP contribution in [0.2, 0.25) is 0 Å². The molecule has 7 rings (SSSR count). The molecule has 0 unspecified atom stereocenters. The van der Waals surface area contributed by atoms with Crippen LogP contribution in [-0.2, 0) is 31.4 Å². The van der Waals surface area contributed by atoms with Crippen molar-refractivity contribution in [2.45, 2.75) is 103 Å². The molecule has 0 saturated carbocycles. The number of carbonyl (C=O) groups is 1. The Hall–Kier alpha value is -6.19. The first-order valence-corrected chi connectivity index (χ1v) is 22.5. The fourth-order valence-corrected chi connectivity index (χ4v) is 8.40. The highest BCUT2D eigenvalue weighted by Crippen LogP contribution is 2.40. The second-order valence-electron chi connectivity index (χ2n) is 16.7. The zero-order chi connectivity index (χ0) is 50.4. The van der Waals surface area contributed by atoms with Crippen LogP contribution in [0.5, 0.6) is 12.0 Å². The first-order chi connectivity index (χ1) is 32.5. The van der Waals surface area contributed by atoms with Crippen LogP contribution in [0.3, 0.4) is 0 Å². The molecule has 2 atom stereocenters. The molecule has 6 aromatic rings. The average molecular weight is 1030 g/mol. The Kier molecular flexibility index (Phi) is 16.4. The van der Waals surface area contributed by atoms with Gasteiger partial charge >= 0.3 is 30.3 Å². The minimum Gasteiger partial charge on any atom is -0.467 e. The SMILES string of the molecule is CCOC(=O)C[C@H]1C[C@@H](/C=C/c2c(C(C)C)nn(-c3ccnc(OC)n3)c2-c2cccc(C(F)(F)F)c2)OC(C)(C)O1.COc1nccc(-n2nc(C(C)C)c(Br)c2-c2cccc(C(F)(F)F)c2)n1. The lowest BCUT2D eigenvalue weighted by molar-refractivity contribution is -0.290. The van der Waals surface area contributed by atoms with E-state index in [4.69, 9.17) is 28.8 Å². The van der Waals surface area contributed by atoms with Gasteiger partial charge in [0.2, 0.25) is 0 Å². The molecule has 368 valence electrons. The van der Waals surface area contributed by atoms with E-state index in [9.17, 15) is 31.1 Å².